The van der Waals surface area contributed by atoms with Gasteiger partial charge in [0.1, 0.15) is 12.0 Å². The van der Waals surface area contributed by atoms with E-state index in [1.807, 2.05) is 0 Å². The number of benzene rings is 3. The fourth-order valence-corrected chi connectivity index (χ4v) is 3.48. The van der Waals surface area contributed by atoms with E-state index in [1.165, 1.54) is 25.3 Å². The Balaban J connectivity index is 2.02. The van der Waals surface area contributed by atoms with Gasteiger partial charge in [-0.1, -0.05) is 47.5 Å². The highest BCUT2D eigenvalue weighted by Gasteiger charge is 2.23. The van der Waals surface area contributed by atoms with Crippen LogP contribution >= 0.6 is 23.2 Å². The van der Waals surface area contributed by atoms with Crippen LogP contribution in [0.25, 0.3) is 0 Å². The molecular formula is C22H18BCl2NO5. The predicted octanol–water partition coefficient (Wildman–Crippen LogP) is 3.01. The van der Waals surface area contributed by atoms with Gasteiger partial charge in [0.05, 0.1) is 13.2 Å². The summed E-state index contributed by atoms with van der Waals surface area (Å²) >= 11 is 12.1. The summed E-state index contributed by atoms with van der Waals surface area (Å²) in [5, 5.41) is 22.7. The first kappa shape index (κ1) is 22.8. The fraction of sp³-hybridized carbons (Fsp3) is 0.0909. The predicted molar refractivity (Wildman–Crippen MR) is 120 cm³/mol. The first-order valence-corrected chi connectivity index (χ1v) is 9.94. The summed E-state index contributed by atoms with van der Waals surface area (Å²) in [4.78, 5) is 24.4. The van der Waals surface area contributed by atoms with E-state index in [9.17, 15) is 19.6 Å². The molecule has 158 valence electrons. The molecule has 3 N–H and O–H groups in total. The normalized spacial score (nSPS) is 11.5. The Labute approximate surface area is 189 Å². The molecule has 3 aromatic rings. The number of hydrogen-bond donors (Lipinski definition) is 3. The molecule has 1 amide bonds. The van der Waals surface area contributed by atoms with E-state index in [2.05, 4.69) is 5.32 Å². The summed E-state index contributed by atoms with van der Waals surface area (Å²) in [5.41, 5.74) is 1.62. The lowest BCUT2D eigenvalue weighted by molar-refractivity contribution is 0.0942. The Hall–Kier alpha value is -2.84. The molecule has 0 saturated heterocycles. The van der Waals surface area contributed by atoms with Gasteiger partial charge >= 0.3 is 7.12 Å². The summed E-state index contributed by atoms with van der Waals surface area (Å²) in [6.07, 6.45) is 0.463. The van der Waals surface area contributed by atoms with Gasteiger partial charge < -0.3 is 20.1 Å². The number of amides is 1. The minimum Gasteiger partial charge on any atom is -0.496 e. The largest absolute Gasteiger partial charge is 0.496 e. The van der Waals surface area contributed by atoms with Crippen molar-refractivity contribution in [2.24, 2.45) is 0 Å². The van der Waals surface area contributed by atoms with Crippen LogP contribution in [-0.4, -0.2) is 36.5 Å². The molecule has 9 heteroatoms. The van der Waals surface area contributed by atoms with Crippen LogP contribution in [-0.2, 0) is 0 Å². The number of ether oxygens (including phenoxy) is 1. The van der Waals surface area contributed by atoms with Crippen molar-refractivity contribution in [2.45, 2.75) is 6.04 Å². The zero-order chi connectivity index (χ0) is 22.5. The van der Waals surface area contributed by atoms with E-state index in [4.69, 9.17) is 27.9 Å². The number of halogens is 2. The Morgan fingerprint density at radius 2 is 1.71 bits per heavy atom. The number of nitrogens with one attached hydrogen (secondary N) is 1. The molecule has 0 bridgehead atoms. The molecule has 6 nitrogen and oxygen atoms in total. The molecule has 0 fully saturated rings. The topological polar surface area (TPSA) is 95.9 Å². The lowest BCUT2D eigenvalue weighted by Gasteiger charge is -2.22. The Morgan fingerprint density at radius 1 is 1.03 bits per heavy atom. The molecule has 0 aliphatic carbocycles. The van der Waals surface area contributed by atoms with Crippen LogP contribution in [0.2, 0.25) is 10.0 Å². The van der Waals surface area contributed by atoms with Gasteiger partial charge in [0.25, 0.3) is 5.91 Å². The van der Waals surface area contributed by atoms with E-state index in [0.717, 1.165) is 5.56 Å². The van der Waals surface area contributed by atoms with Gasteiger partial charge in [-0.2, -0.15) is 0 Å². The quantitative estimate of drug-likeness (QED) is 0.374. The molecule has 0 radical (unpaired) electrons. The molecule has 1 atom stereocenters. The maximum atomic E-state index is 13.0. The molecule has 3 aromatic carbocycles. The van der Waals surface area contributed by atoms with Crippen LogP contribution in [0.1, 0.15) is 37.9 Å². The highest BCUT2D eigenvalue weighted by atomic mass is 35.5. The number of carbonyl (C=O) groups is 2. The highest BCUT2D eigenvalue weighted by Crippen LogP contribution is 2.33. The maximum absolute atomic E-state index is 13.0. The standard InChI is InChI=1S/C22H18BCl2NO5/c1-31-20-11-17(25)7-8-18(20)21(13-2-5-16(24)6-3-13)26-22(28)14-4-9-19(23(29)30)15(10-14)12-27/h2-12,21,29-30H,1H3,(H,26,28). The third kappa shape index (κ3) is 5.26. The third-order valence-corrected chi connectivity index (χ3v) is 5.23. The molecule has 0 spiro atoms. The average Bonchev–Trinajstić information content (AvgIpc) is 2.77. The second-order valence-corrected chi connectivity index (χ2v) is 7.55. The summed E-state index contributed by atoms with van der Waals surface area (Å²) < 4.78 is 5.45. The number of aldehydes is 1. The van der Waals surface area contributed by atoms with Crippen molar-refractivity contribution in [1.29, 1.82) is 0 Å². The van der Waals surface area contributed by atoms with Gasteiger partial charge in [0.2, 0.25) is 0 Å². The van der Waals surface area contributed by atoms with Crippen LogP contribution in [0.5, 0.6) is 5.75 Å². The van der Waals surface area contributed by atoms with Crippen molar-refractivity contribution < 1.29 is 24.4 Å². The summed E-state index contributed by atoms with van der Waals surface area (Å²) in [5.74, 6) is 0.0131. The Bertz CT molecular complexity index is 1110. The van der Waals surface area contributed by atoms with Crippen molar-refractivity contribution in [3.8, 4) is 5.75 Å². The van der Waals surface area contributed by atoms with Gasteiger partial charge in [-0.25, -0.2) is 0 Å². The van der Waals surface area contributed by atoms with E-state index in [-0.39, 0.29) is 16.6 Å². The first-order valence-electron chi connectivity index (χ1n) is 9.19. The van der Waals surface area contributed by atoms with Crippen LogP contribution in [0.4, 0.5) is 0 Å². The van der Waals surface area contributed by atoms with Crippen molar-refractivity contribution in [3.63, 3.8) is 0 Å². The van der Waals surface area contributed by atoms with Gasteiger partial charge in [-0.3, -0.25) is 9.59 Å². The monoisotopic (exact) mass is 457 g/mol. The van der Waals surface area contributed by atoms with E-state index < -0.39 is 19.1 Å². The van der Waals surface area contributed by atoms with Gasteiger partial charge in [-0.05, 0) is 47.4 Å². The zero-order valence-electron chi connectivity index (χ0n) is 16.4. The smallest absolute Gasteiger partial charge is 0.489 e. The lowest BCUT2D eigenvalue weighted by atomic mass is 9.77. The molecule has 0 saturated carbocycles. The van der Waals surface area contributed by atoms with Crippen molar-refractivity contribution in [3.05, 3.63) is 93.0 Å². The number of carbonyl (C=O) groups excluding carboxylic acids is 2. The lowest BCUT2D eigenvalue weighted by Crippen LogP contribution is -2.34. The summed E-state index contributed by atoms with van der Waals surface area (Å²) in [6.45, 7) is 0. The SMILES string of the molecule is COc1cc(Cl)ccc1C(NC(=O)c1ccc(B(O)O)c(C=O)c1)c1ccc(Cl)cc1. The molecule has 3 rings (SSSR count). The Morgan fingerprint density at radius 3 is 2.32 bits per heavy atom. The molecule has 1 unspecified atom stereocenters. The molecule has 0 heterocycles. The highest BCUT2D eigenvalue weighted by molar-refractivity contribution is 6.60. The summed E-state index contributed by atoms with van der Waals surface area (Å²) in [7, 11) is -0.317. The van der Waals surface area contributed by atoms with Gasteiger partial charge in [-0.15, -0.1) is 0 Å². The van der Waals surface area contributed by atoms with Crippen molar-refractivity contribution in [2.75, 3.05) is 7.11 Å². The fourth-order valence-electron chi connectivity index (χ4n) is 3.19. The zero-order valence-corrected chi connectivity index (χ0v) is 17.9. The Kier molecular flexibility index (Phi) is 7.35. The van der Waals surface area contributed by atoms with Crippen LogP contribution in [0.15, 0.2) is 60.7 Å². The number of methoxy groups -OCH3 is 1. The van der Waals surface area contributed by atoms with Gasteiger partial charge in [0, 0.05) is 26.7 Å². The molecule has 0 aliphatic heterocycles. The average molecular weight is 458 g/mol. The van der Waals surface area contributed by atoms with Crippen molar-refractivity contribution >= 4 is 48.0 Å². The number of rotatable bonds is 7. The maximum Gasteiger partial charge on any atom is 0.489 e. The number of hydrogen-bond acceptors (Lipinski definition) is 5. The molecule has 31 heavy (non-hydrogen) atoms. The summed E-state index contributed by atoms with van der Waals surface area (Å²) in [6, 6.07) is 15.5. The van der Waals surface area contributed by atoms with Crippen LogP contribution in [0.3, 0.4) is 0 Å². The second-order valence-electron chi connectivity index (χ2n) is 6.68. The van der Waals surface area contributed by atoms with Crippen LogP contribution < -0.4 is 15.5 Å². The minimum atomic E-state index is -1.82. The molecular weight excluding hydrogens is 440 g/mol. The van der Waals surface area contributed by atoms with Gasteiger partial charge in [0.15, 0.2) is 0 Å². The van der Waals surface area contributed by atoms with E-state index >= 15 is 0 Å². The third-order valence-electron chi connectivity index (χ3n) is 4.74. The van der Waals surface area contributed by atoms with Crippen LogP contribution in [0, 0.1) is 0 Å². The second kappa shape index (κ2) is 9.98. The minimum absolute atomic E-state index is 0.00904. The molecule has 0 aromatic heterocycles. The first-order chi connectivity index (χ1) is 14.8. The van der Waals surface area contributed by atoms with Crippen molar-refractivity contribution in [1.82, 2.24) is 5.32 Å². The van der Waals surface area contributed by atoms with E-state index in [0.29, 0.717) is 27.6 Å². The van der Waals surface area contributed by atoms with E-state index in [1.54, 1.807) is 42.5 Å². The molecule has 0 aliphatic rings.